The van der Waals surface area contributed by atoms with Crippen LogP contribution in [0.4, 0.5) is 5.69 Å². The van der Waals surface area contributed by atoms with Gasteiger partial charge >= 0.3 is 0 Å². The molecular formula is C35H45N3O4S. The molecule has 0 bridgehead atoms. The molecular weight excluding hydrogens is 558 g/mol. The summed E-state index contributed by atoms with van der Waals surface area (Å²) in [7, 11) is -4.10. The van der Waals surface area contributed by atoms with Crippen LogP contribution in [0.25, 0.3) is 0 Å². The molecule has 0 aliphatic heterocycles. The van der Waals surface area contributed by atoms with Crippen LogP contribution in [0, 0.1) is 27.7 Å². The summed E-state index contributed by atoms with van der Waals surface area (Å²) in [4.78, 5) is 29.7. The van der Waals surface area contributed by atoms with Crippen LogP contribution in [0.5, 0.6) is 0 Å². The summed E-state index contributed by atoms with van der Waals surface area (Å²) in [5, 5.41) is 3.20. The van der Waals surface area contributed by atoms with E-state index in [-0.39, 0.29) is 23.4 Å². The average molecular weight is 604 g/mol. The second-order valence-electron chi connectivity index (χ2n) is 11.9. The molecule has 3 aromatic carbocycles. The molecule has 1 fully saturated rings. The Hall–Kier alpha value is -3.65. The van der Waals surface area contributed by atoms with Crippen molar-refractivity contribution >= 4 is 27.5 Å². The van der Waals surface area contributed by atoms with Gasteiger partial charge in [-0.1, -0.05) is 79.8 Å². The lowest BCUT2D eigenvalue weighted by Gasteiger charge is -2.34. The molecule has 0 aromatic heterocycles. The van der Waals surface area contributed by atoms with Crippen molar-refractivity contribution in [3.05, 3.63) is 94.5 Å². The van der Waals surface area contributed by atoms with Crippen molar-refractivity contribution in [3.63, 3.8) is 0 Å². The van der Waals surface area contributed by atoms with Crippen LogP contribution in [-0.4, -0.2) is 43.8 Å². The zero-order valence-electron chi connectivity index (χ0n) is 26.1. The molecule has 0 saturated heterocycles. The van der Waals surface area contributed by atoms with Gasteiger partial charge < -0.3 is 10.2 Å². The van der Waals surface area contributed by atoms with Crippen LogP contribution in [0.1, 0.15) is 73.3 Å². The zero-order chi connectivity index (χ0) is 31.1. The number of nitrogens with zero attached hydrogens (tertiary/aromatic N) is 2. The highest BCUT2D eigenvalue weighted by molar-refractivity contribution is 7.92. The molecule has 4 rings (SSSR count). The second kappa shape index (κ2) is 14.2. The van der Waals surface area contributed by atoms with E-state index in [1.165, 1.54) is 10.7 Å². The van der Waals surface area contributed by atoms with Gasteiger partial charge in [0.05, 0.1) is 10.6 Å². The fourth-order valence-electron chi connectivity index (χ4n) is 5.72. The van der Waals surface area contributed by atoms with Crippen LogP contribution in [-0.2, 0) is 26.2 Å². The second-order valence-corrected chi connectivity index (χ2v) is 13.7. The third-order valence-corrected chi connectivity index (χ3v) is 10.2. The first-order valence-electron chi connectivity index (χ1n) is 15.3. The van der Waals surface area contributed by atoms with E-state index in [1.54, 1.807) is 41.3 Å². The first kappa shape index (κ1) is 32.3. The lowest BCUT2D eigenvalue weighted by molar-refractivity contribution is -0.140. The minimum atomic E-state index is -4.10. The van der Waals surface area contributed by atoms with Crippen molar-refractivity contribution in [2.75, 3.05) is 10.8 Å². The van der Waals surface area contributed by atoms with E-state index in [0.717, 1.165) is 53.5 Å². The maximum absolute atomic E-state index is 14.3. The largest absolute Gasteiger partial charge is 0.352 e. The number of aryl methyl sites for hydroxylation is 4. The zero-order valence-corrected chi connectivity index (χ0v) is 26.9. The maximum atomic E-state index is 14.3. The Morgan fingerprint density at radius 1 is 0.860 bits per heavy atom. The highest BCUT2D eigenvalue weighted by Gasteiger charge is 2.34. The van der Waals surface area contributed by atoms with Gasteiger partial charge in [0, 0.05) is 12.6 Å². The third-order valence-electron chi connectivity index (χ3n) is 8.44. The maximum Gasteiger partial charge on any atom is 0.264 e. The lowest BCUT2D eigenvalue weighted by Crippen LogP contribution is -2.54. The van der Waals surface area contributed by atoms with Crippen LogP contribution in [0.15, 0.2) is 71.6 Å². The van der Waals surface area contributed by atoms with Crippen molar-refractivity contribution in [2.24, 2.45) is 0 Å². The summed E-state index contributed by atoms with van der Waals surface area (Å²) in [5.74, 6) is -0.615. The van der Waals surface area contributed by atoms with Crippen molar-refractivity contribution in [1.82, 2.24) is 10.2 Å². The van der Waals surface area contributed by atoms with E-state index in [9.17, 15) is 18.0 Å². The number of carbonyl (C=O) groups excluding carboxylic acids is 2. The van der Waals surface area contributed by atoms with E-state index in [1.807, 2.05) is 65.0 Å². The topological polar surface area (TPSA) is 86.8 Å². The SMILES string of the molecule is CC[C@H](C(=O)NC1CCCCC1)N(Cc1cccc(C)c1)C(=O)CN(c1ccc(C)c(C)c1)S(=O)(=O)c1ccc(C)cc1. The first-order chi connectivity index (χ1) is 20.5. The predicted octanol–water partition coefficient (Wildman–Crippen LogP) is 6.37. The Morgan fingerprint density at radius 2 is 1.56 bits per heavy atom. The third kappa shape index (κ3) is 8.05. The van der Waals surface area contributed by atoms with Crippen LogP contribution in [0.2, 0.25) is 0 Å². The van der Waals surface area contributed by atoms with Crippen LogP contribution >= 0.6 is 0 Å². The number of carbonyl (C=O) groups is 2. The van der Waals surface area contributed by atoms with Gasteiger partial charge in [-0.05, 0) is 87.9 Å². The molecule has 2 amide bonds. The van der Waals surface area contributed by atoms with Crippen molar-refractivity contribution < 1.29 is 18.0 Å². The van der Waals surface area contributed by atoms with Crippen molar-refractivity contribution in [3.8, 4) is 0 Å². The number of benzene rings is 3. The van der Waals surface area contributed by atoms with Gasteiger partial charge in [-0.3, -0.25) is 13.9 Å². The predicted molar refractivity (Wildman–Crippen MR) is 172 cm³/mol. The van der Waals surface area contributed by atoms with Gasteiger partial charge in [0.2, 0.25) is 11.8 Å². The molecule has 3 aromatic rings. The molecule has 0 heterocycles. The van der Waals surface area contributed by atoms with Crippen molar-refractivity contribution in [1.29, 1.82) is 0 Å². The smallest absolute Gasteiger partial charge is 0.264 e. The lowest BCUT2D eigenvalue weighted by atomic mass is 9.95. The van der Waals surface area contributed by atoms with E-state index in [2.05, 4.69) is 5.32 Å². The van der Waals surface area contributed by atoms with Crippen LogP contribution in [0.3, 0.4) is 0 Å². The van der Waals surface area contributed by atoms with E-state index in [0.29, 0.717) is 12.1 Å². The Morgan fingerprint density at radius 3 is 2.19 bits per heavy atom. The summed E-state index contributed by atoms with van der Waals surface area (Å²) >= 11 is 0. The van der Waals surface area contributed by atoms with E-state index >= 15 is 0 Å². The summed E-state index contributed by atoms with van der Waals surface area (Å²) < 4.78 is 29.4. The molecule has 0 spiro atoms. The highest BCUT2D eigenvalue weighted by atomic mass is 32.2. The molecule has 43 heavy (non-hydrogen) atoms. The summed E-state index contributed by atoms with van der Waals surface area (Å²) in [5.41, 5.74) is 5.22. The fraction of sp³-hybridized carbons (Fsp3) is 0.429. The number of sulfonamides is 1. The van der Waals surface area contributed by atoms with E-state index in [4.69, 9.17) is 0 Å². The fourth-order valence-corrected chi connectivity index (χ4v) is 7.12. The van der Waals surface area contributed by atoms with Gasteiger partial charge in [0.25, 0.3) is 10.0 Å². The van der Waals surface area contributed by atoms with Crippen molar-refractivity contribution in [2.45, 2.75) is 96.7 Å². The number of rotatable bonds is 11. The quantitative estimate of drug-likeness (QED) is 0.276. The van der Waals surface area contributed by atoms with Gasteiger partial charge in [-0.15, -0.1) is 0 Å². The van der Waals surface area contributed by atoms with Crippen LogP contribution < -0.4 is 9.62 Å². The number of amides is 2. The Labute approximate surface area is 257 Å². The Balaban J connectivity index is 1.72. The molecule has 230 valence electrons. The minimum Gasteiger partial charge on any atom is -0.352 e. The molecule has 1 aliphatic rings. The molecule has 1 N–H and O–H groups in total. The number of hydrogen-bond acceptors (Lipinski definition) is 4. The van der Waals surface area contributed by atoms with Gasteiger partial charge in [0.15, 0.2) is 0 Å². The average Bonchev–Trinajstić information content (AvgIpc) is 2.98. The normalized spacial score (nSPS) is 14.6. The molecule has 1 atom stereocenters. The monoisotopic (exact) mass is 603 g/mol. The molecule has 0 unspecified atom stereocenters. The number of hydrogen-bond donors (Lipinski definition) is 1. The number of nitrogens with one attached hydrogen (secondary N) is 1. The van der Waals surface area contributed by atoms with Gasteiger partial charge in [-0.2, -0.15) is 0 Å². The summed E-state index contributed by atoms with van der Waals surface area (Å²) in [6, 6.07) is 19.2. The highest BCUT2D eigenvalue weighted by Crippen LogP contribution is 2.27. The minimum absolute atomic E-state index is 0.0974. The Bertz CT molecular complexity index is 1530. The van der Waals surface area contributed by atoms with Gasteiger partial charge in [-0.25, -0.2) is 8.42 Å². The molecule has 7 nitrogen and oxygen atoms in total. The summed E-state index contributed by atoms with van der Waals surface area (Å²) in [6.45, 7) is 9.42. The van der Waals surface area contributed by atoms with Gasteiger partial charge in [0.1, 0.15) is 12.6 Å². The molecule has 0 radical (unpaired) electrons. The number of anilines is 1. The molecule has 1 aliphatic carbocycles. The first-order valence-corrected chi connectivity index (χ1v) is 16.8. The molecule has 1 saturated carbocycles. The standard InChI is InChI=1S/C35H45N3O4S/c1-6-33(35(40)36-30-13-8-7-9-14-30)37(23-29-12-10-11-26(3)21-29)34(39)24-38(31-18-17-27(4)28(5)22-31)43(41,42)32-19-15-25(2)16-20-32/h10-12,15-22,30,33H,6-9,13-14,23-24H2,1-5H3,(H,36,40)/t33-/m1/s1. The van der Waals surface area contributed by atoms with E-state index < -0.39 is 28.5 Å². The summed E-state index contributed by atoms with van der Waals surface area (Å²) in [6.07, 6.45) is 5.60. The molecule has 8 heteroatoms. The Kier molecular flexibility index (Phi) is 10.7.